The average Bonchev–Trinajstić information content (AvgIpc) is 3.22. The predicted molar refractivity (Wildman–Crippen MR) is 93.8 cm³/mol. The molecule has 0 bridgehead atoms. The predicted octanol–water partition coefficient (Wildman–Crippen LogP) is 4.26. The molecule has 2 aromatic rings. The largest absolute Gasteiger partial charge is 0.362 e. The molecule has 0 aliphatic heterocycles. The van der Waals surface area contributed by atoms with Crippen molar-refractivity contribution in [1.82, 2.24) is 9.78 Å². The first-order chi connectivity index (χ1) is 11.4. The van der Waals surface area contributed by atoms with E-state index in [0.29, 0.717) is 17.3 Å². The van der Waals surface area contributed by atoms with E-state index in [2.05, 4.69) is 38.4 Å². The summed E-state index contributed by atoms with van der Waals surface area (Å²) in [6.45, 7) is 6.21. The molecular formula is C19H23N3O2. The van der Waals surface area contributed by atoms with E-state index in [9.17, 15) is 4.79 Å². The molecule has 24 heavy (non-hydrogen) atoms. The molecule has 0 unspecified atom stereocenters. The second-order valence-corrected chi connectivity index (χ2v) is 7.03. The van der Waals surface area contributed by atoms with E-state index in [1.54, 1.807) is 24.3 Å². The summed E-state index contributed by atoms with van der Waals surface area (Å²) in [6.07, 6.45) is 6.38. The first-order valence-corrected chi connectivity index (χ1v) is 8.23. The van der Waals surface area contributed by atoms with Crippen LogP contribution in [0.5, 0.6) is 0 Å². The molecule has 0 amide bonds. The number of allylic oxidation sites excluding steroid dienone is 2. The molecule has 0 atom stereocenters. The Kier molecular flexibility index (Phi) is 4.42. The zero-order valence-electron chi connectivity index (χ0n) is 14.3. The molecule has 1 N–H and O–H groups in total. The van der Waals surface area contributed by atoms with Gasteiger partial charge in [0.2, 0.25) is 0 Å². The normalized spacial score (nSPS) is 14.8. The number of carbonyl (C=O) groups excluding carboxylic acids is 1. The van der Waals surface area contributed by atoms with Crippen molar-refractivity contribution >= 4 is 11.8 Å². The Balaban J connectivity index is 1.77. The summed E-state index contributed by atoms with van der Waals surface area (Å²) in [5.74, 6) is 0.675. The Bertz CT molecular complexity index is 734. The highest BCUT2D eigenvalue weighted by molar-refractivity contribution is 5.89. The van der Waals surface area contributed by atoms with Gasteiger partial charge in [0, 0.05) is 12.0 Å². The molecule has 3 rings (SSSR count). The van der Waals surface area contributed by atoms with Gasteiger partial charge >= 0.3 is 5.97 Å². The smallest absolute Gasteiger partial charge is 0.336 e. The molecule has 0 saturated carbocycles. The van der Waals surface area contributed by atoms with E-state index >= 15 is 0 Å². The second kappa shape index (κ2) is 6.51. The van der Waals surface area contributed by atoms with Crippen LogP contribution in [-0.4, -0.2) is 15.7 Å². The number of nitrogens with zero attached hydrogens (tertiary/aromatic N) is 2. The third-order valence-corrected chi connectivity index (χ3v) is 4.05. The van der Waals surface area contributed by atoms with Gasteiger partial charge in [0.15, 0.2) is 5.82 Å². The summed E-state index contributed by atoms with van der Waals surface area (Å²) in [7, 11) is 0. The van der Waals surface area contributed by atoms with Gasteiger partial charge in [0.1, 0.15) is 0 Å². The first kappa shape index (κ1) is 16.3. The maximum absolute atomic E-state index is 12.1. The number of carbonyl (C=O) groups is 1. The molecule has 1 aromatic carbocycles. The molecule has 1 aliphatic rings. The minimum atomic E-state index is -0.415. The van der Waals surface area contributed by atoms with Gasteiger partial charge in [-0.3, -0.25) is 0 Å². The highest BCUT2D eigenvalue weighted by Crippen LogP contribution is 2.32. The lowest BCUT2D eigenvalue weighted by Crippen LogP contribution is -2.26. The van der Waals surface area contributed by atoms with Crippen LogP contribution in [0.1, 0.15) is 55.6 Å². The summed E-state index contributed by atoms with van der Waals surface area (Å²) >= 11 is 0. The fourth-order valence-corrected chi connectivity index (χ4v) is 2.77. The number of anilines is 1. The lowest BCUT2D eigenvalue weighted by atomic mass is 10.0. The highest BCUT2D eigenvalue weighted by Gasteiger charge is 2.24. The monoisotopic (exact) mass is 325 g/mol. The van der Waals surface area contributed by atoms with Gasteiger partial charge in [-0.1, -0.05) is 30.4 Å². The molecule has 1 aliphatic carbocycles. The Morgan fingerprint density at radius 2 is 1.88 bits per heavy atom. The Morgan fingerprint density at radius 3 is 2.50 bits per heavy atom. The van der Waals surface area contributed by atoms with Gasteiger partial charge in [-0.15, -0.1) is 0 Å². The molecule has 0 fully saturated rings. The van der Waals surface area contributed by atoms with Crippen LogP contribution in [-0.2, 0) is 10.4 Å². The van der Waals surface area contributed by atoms with Crippen LogP contribution < -0.4 is 5.48 Å². The minimum absolute atomic E-state index is 0.216. The van der Waals surface area contributed by atoms with Crippen LogP contribution in [0.3, 0.4) is 0 Å². The summed E-state index contributed by atoms with van der Waals surface area (Å²) in [4.78, 5) is 17.4. The summed E-state index contributed by atoms with van der Waals surface area (Å²) in [6, 6.07) is 10.9. The van der Waals surface area contributed by atoms with Gasteiger partial charge in [0.05, 0.1) is 16.8 Å². The van der Waals surface area contributed by atoms with E-state index in [0.717, 1.165) is 18.5 Å². The zero-order chi connectivity index (χ0) is 17.2. The lowest BCUT2D eigenvalue weighted by molar-refractivity contribution is 0.0591. The van der Waals surface area contributed by atoms with Crippen LogP contribution in [0, 0.1) is 0 Å². The number of aromatic nitrogens is 2. The minimum Gasteiger partial charge on any atom is -0.336 e. The van der Waals surface area contributed by atoms with Crippen LogP contribution in [0.15, 0.2) is 48.6 Å². The van der Waals surface area contributed by atoms with Crippen molar-refractivity contribution in [3.63, 3.8) is 0 Å². The lowest BCUT2D eigenvalue weighted by Gasteiger charge is -2.22. The molecule has 0 radical (unpaired) electrons. The van der Waals surface area contributed by atoms with E-state index in [1.165, 1.54) is 0 Å². The summed E-state index contributed by atoms with van der Waals surface area (Å²) < 4.78 is 1.87. The van der Waals surface area contributed by atoms with Gasteiger partial charge in [0.25, 0.3) is 0 Å². The molecule has 1 heterocycles. The topological polar surface area (TPSA) is 56.1 Å². The number of hydrogen-bond donors (Lipinski definition) is 1. The molecule has 1 aromatic heterocycles. The summed E-state index contributed by atoms with van der Waals surface area (Å²) in [5.41, 5.74) is 4.10. The molecule has 0 saturated heterocycles. The van der Waals surface area contributed by atoms with Crippen LogP contribution >= 0.6 is 0 Å². The standard InChI is InChI=1S/C19H23N3O2/c1-19(2,3)22-17(13-16(20-22)14-9-7-8-10-14)21-24-18(23)15-11-5-4-6-12-15/h4-8,11-14,21H,9-10H2,1-3H3. The first-order valence-electron chi connectivity index (χ1n) is 8.23. The van der Waals surface area contributed by atoms with E-state index in [1.807, 2.05) is 16.8 Å². The fourth-order valence-electron chi connectivity index (χ4n) is 2.77. The van der Waals surface area contributed by atoms with E-state index in [4.69, 9.17) is 9.94 Å². The Morgan fingerprint density at radius 1 is 1.21 bits per heavy atom. The number of hydrogen-bond acceptors (Lipinski definition) is 4. The molecule has 126 valence electrons. The van der Waals surface area contributed by atoms with E-state index < -0.39 is 5.97 Å². The van der Waals surface area contributed by atoms with Crippen LogP contribution in [0.2, 0.25) is 0 Å². The number of benzene rings is 1. The number of nitrogens with one attached hydrogen (secondary N) is 1. The van der Waals surface area contributed by atoms with Gasteiger partial charge < -0.3 is 4.84 Å². The molecule has 5 heteroatoms. The van der Waals surface area contributed by atoms with Gasteiger partial charge in [-0.25, -0.2) is 15.0 Å². The maximum atomic E-state index is 12.1. The third-order valence-electron chi connectivity index (χ3n) is 4.05. The Labute approximate surface area is 142 Å². The SMILES string of the molecule is CC(C)(C)n1nc(C2CC=CC2)cc1NOC(=O)c1ccccc1. The van der Waals surface area contributed by atoms with Gasteiger partial charge in [-0.2, -0.15) is 5.10 Å². The van der Waals surface area contributed by atoms with Crippen molar-refractivity contribution in [3.8, 4) is 0 Å². The van der Waals surface area contributed by atoms with Crippen molar-refractivity contribution < 1.29 is 9.63 Å². The molecular weight excluding hydrogens is 302 g/mol. The van der Waals surface area contributed by atoms with E-state index in [-0.39, 0.29) is 5.54 Å². The third kappa shape index (κ3) is 3.50. The Hall–Kier alpha value is -2.56. The van der Waals surface area contributed by atoms with Crippen LogP contribution in [0.4, 0.5) is 5.82 Å². The van der Waals surface area contributed by atoms with Crippen molar-refractivity contribution in [2.24, 2.45) is 0 Å². The second-order valence-electron chi connectivity index (χ2n) is 7.03. The average molecular weight is 325 g/mol. The van der Waals surface area contributed by atoms with Crippen LogP contribution in [0.25, 0.3) is 0 Å². The van der Waals surface area contributed by atoms with Crippen molar-refractivity contribution in [2.75, 3.05) is 5.48 Å². The van der Waals surface area contributed by atoms with Gasteiger partial charge in [-0.05, 0) is 45.7 Å². The maximum Gasteiger partial charge on any atom is 0.362 e. The molecule has 5 nitrogen and oxygen atoms in total. The van der Waals surface area contributed by atoms with Crippen molar-refractivity contribution in [2.45, 2.75) is 45.1 Å². The number of rotatable bonds is 4. The fraction of sp³-hybridized carbons (Fsp3) is 0.368. The summed E-state index contributed by atoms with van der Waals surface area (Å²) in [5, 5.41) is 4.74. The van der Waals surface area contributed by atoms with Crippen molar-refractivity contribution in [3.05, 3.63) is 59.8 Å². The van der Waals surface area contributed by atoms with Crippen molar-refractivity contribution in [1.29, 1.82) is 0 Å². The highest BCUT2D eigenvalue weighted by atomic mass is 16.7. The quantitative estimate of drug-likeness (QED) is 0.674. The zero-order valence-corrected chi connectivity index (χ0v) is 14.3. The molecule has 0 spiro atoms.